The predicted molar refractivity (Wildman–Crippen MR) is 79.4 cm³/mol. The first-order valence-corrected chi connectivity index (χ1v) is 6.54. The molecule has 0 spiro atoms. The number of rotatable bonds is 2. The normalized spacial score (nSPS) is 10.7. The highest BCUT2D eigenvalue weighted by atomic mass is 16.2. The Morgan fingerprint density at radius 1 is 1.24 bits per heavy atom. The summed E-state index contributed by atoms with van der Waals surface area (Å²) in [6.07, 6.45) is 3.35. The van der Waals surface area contributed by atoms with E-state index in [1.165, 1.54) is 16.4 Å². The van der Waals surface area contributed by atoms with Gasteiger partial charge in [-0.2, -0.15) is 4.68 Å². The summed E-state index contributed by atoms with van der Waals surface area (Å²) in [5.41, 5.74) is 1.25. The SMILES string of the molecule is CNC(=O)n1c2ccccc2c(=O)n1Cc1cccnc1. The van der Waals surface area contributed by atoms with Crippen LogP contribution in [-0.4, -0.2) is 27.4 Å². The molecular weight excluding hydrogens is 268 g/mol. The lowest BCUT2D eigenvalue weighted by Gasteiger charge is -2.10. The third kappa shape index (κ3) is 2.20. The number of nitrogens with zero attached hydrogens (tertiary/aromatic N) is 3. The molecule has 6 heteroatoms. The molecule has 0 aliphatic heterocycles. The van der Waals surface area contributed by atoms with E-state index in [1.807, 2.05) is 6.07 Å². The van der Waals surface area contributed by atoms with Gasteiger partial charge in [-0.25, -0.2) is 9.48 Å². The zero-order valence-corrected chi connectivity index (χ0v) is 11.5. The zero-order chi connectivity index (χ0) is 14.8. The molecule has 2 aromatic heterocycles. The Labute approximate surface area is 120 Å². The van der Waals surface area contributed by atoms with E-state index in [1.54, 1.807) is 42.7 Å². The van der Waals surface area contributed by atoms with Crippen LogP contribution in [0.25, 0.3) is 10.9 Å². The van der Waals surface area contributed by atoms with Crippen molar-refractivity contribution >= 4 is 16.9 Å². The van der Waals surface area contributed by atoms with Gasteiger partial charge in [-0.05, 0) is 23.8 Å². The lowest BCUT2D eigenvalue weighted by atomic mass is 10.2. The van der Waals surface area contributed by atoms with E-state index in [-0.39, 0.29) is 18.1 Å². The number of hydrogen-bond acceptors (Lipinski definition) is 3. The van der Waals surface area contributed by atoms with Crippen LogP contribution in [0.2, 0.25) is 0 Å². The number of pyridine rings is 1. The van der Waals surface area contributed by atoms with Gasteiger partial charge in [-0.1, -0.05) is 18.2 Å². The van der Waals surface area contributed by atoms with Crippen molar-refractivity contribution in [3.63, 3.8) is 0 Å². The second kappa shape index (κ2) is 5.24. The van der Waals surface area contributed by atoms with Gasteiger partial charge in [0.2, 0.25) is 0 Å². The van der Waals surface area contributed by atoms with Gasteiger partial charge in [0.15, 0.2) is 0 Å². The second-order valence-corrected chi connectivity index (χ2v) is 4.61. The average Bonchev–Trinajstić information content (AvgIpc) is 2.81. The molecule has 0 aliphatic carbocycles. The Kier molecular flexibility index (Phi) is 3.27. The molecule has 3 aromatic rings. The van der Waals surface area contributed by atoms with Crippen LogP contribution in [0.5, 0.6) is 0 Å². The summed E-state index contributed by atoms with van der Waals surface area (Å²) >= 11 is 0. The van der Waals surface area contributed by atoms with Crippen molar-refractivity contribution in [3.05, 3.63) is 64.7 Å². The summed E-state index contributed by atoms with van der Waals surface area (Å²) in [4.78, 5) is 28.7. The average molecular weight is 282 g/mol. The molecule has 0 aliphatic rings. The summed E-state index contributed by atoms with van der Waals surface area (Å²) in [6, 6.07) is 10.4. The molecule has 1 aromatic carbocycles. The summed E-state index contributed by atoms with van der Waals surface area (Å²) < 4.78 is 2.78. The summed E-state index contributed by atoms with van der Waals surface area (Å²) in [5.74, 6) is 0. The fraction of sp³-hybridized carbons (Fsp3) is 0.133. The highest BCUT2D eigenvalue weighted by Gasteiger charge is 2.17. The molecule has 21 heavy (non-hydrogen) atoms. The molecule has 3 rings (SSSR count). The third-order valence-electron chi connectivity index (χ3n) is 3.30. The van der Waals surface area contributed by atoms with Gasteiger partial charge in [-0.3, -0.25) is 9.78 Å². The summed E-state index contributed by atoms with van der Waals surface area (Å²) in [5, 5.41) is 3.08. The lowest BCUT2D eigenvalue weighted by molar-refractivity contribution is 0.238. The number of aromatic nitrogens is 3. The lowest BCUT2D eigenvalue weighted by Crippen LogP contribution is -2.33. The molecular formula is C15H14N4O2. The monoisotopic (exact) mass is 282 g/mol. The van der Waals surface area contributed by atoms with E-state index in [9.17, 15) is 9.59 Å². The van der Waals surface area contributed by atoms with Crippen LogP contribution in [0.1, 0.15) is 5.56 Å². The highest BCUT2D eigenvalue weighted by molar-refractivity contribution is 5.89. The van der Waals surface area contributed by atoms with Gasteiger partial charge < -0.3 is 5.32 Å². The van der Waals surface area contributed by atoms with E-state index in [2.05, 4.69) is 10.3 Å². The first-order chi connectivity index (χ1) is 10.2. The molecule has 1 amide bonds. The van der Waals surface area contributed by atoms with Crippen LogP contribution in [0.15, 0.2) is 53.6 Å². The number of nitrogens with one attached hydrogen (secondary N) is 1. The van der Waals surface area contributed by atoms with Crippen molar-refractivity contribution in [1.29, 1.82) is 0 Å². The Hall–Kier alpha value is -2.89. The van der Waals surface area contributed by atoms with Gasteiger partial charge in [-0.15, -0.1) is 0 Å². The van der Waals surface area contributed by atoms with E-state index < -0.39 is 0 Å². The number of amides is 1. The second-order valence-electron chi connectivity index (χ2n) is 4.61. The quantitative estimate of drug-likeness (QED) is 0.773. The van der Waals surface area contributed by atoms with E-state index >= 15 is 0 Å². The first kappa shape index (κ1) is 13.1. The minimum Gasteiger partial charge on any atom is -0.339 e. The smallest absolute Gasteiger partial charge is 0.339 e. The van der Waals surface area contributed by atoms with Crippen LogP contribution in [0.4, 0.5) is 4.79 Å². The predicted octanol–water partition coefficient (Wildman–Crippen LogP) is 1.43. The molecule has 2 heterocycles. The third-order valence-corrected chi connectivity index (χ3v) is 3.30. The van der Waals surface area contributed by atoms with Crippen molar-refractivity contribution in [3.8, 4) is 0 Å². The van der Waals surface area contributed by atoms with Crippen molar-refractivity contribution in [2.45, 2.75) is 6.54 Å². The van der Waals surface area contributed by atoms with Gasteiger partial charge in [0.25, 0.3) is 5.56 Å². The van der Waals surface area contributed by atoms with E-state index in [4.69, 9.17) is 0 Å². The molecule has 6 nitrogen and oxygen atoms in total. The van der Waals surface area contributed by atoms with Crippen LogP contribution < -0.4 is 10.9 Å². The molecule has 0 saturated heterocycles. The molecule has 106 valence electrons. The minimum atomic E-state index is -0.350. The standard InChI is InChI=1S/C15H14N4O2/c1-16-15(21)19-13-7-3-2-6-12(13)14(20)18(19)10-11-5-4-8-17-9-11/h2-9H,10H2,1H3,(H,16,21). The number of benzene rings is 1. The van der Waals surface area contributed by atoms with Crippen molar-refractivity contribution in [2.24, 2.45) is 0 Å². The van der Waals surface area contributed by atoms with E-state index in [0.717, 1.165) is 5.56 Å². The fourth-order valence-corrected chi connectivity index (χ4v) is 2.33. The van der Waals surface area contributed by atoms with Crippen LogP contribution in [-0.2, 0) is 6.54 Å². The Balaban J connectivity index is 2.23. The summed E-state index contributed by atoms with van der Waals surface area (Å²) in [6.45, 7) is 0.286. The highest BCUT2D eigenvalue weighted by Crippen LogP contribution is 2.12. The van der Waals surface area contributed by atoms with Gasteiger partial charge in [0, 0.05) is 19.4 Å². The molecule has 0 unspecified atom stereocenters. The molecule has 1 N–H and O–H groups in total. The number of para-hydroxylation sites is 1. The van der Waals surface area contributed by atoms with E-state index in [0.29, 0.717) is 10.9 Å². The summed E-state index contributed by atoms with van der Waals surface area (Å²) in [7, 11) is 1.54. The van der Waals surface area contributed by atoms with Gasteiger partial charge in [0.05, 0.1) is 17.4 Å². The Morgan fingerprint density at radius 3 is 2.76 bits per heavy atom. The molecule has 0 bridgehead atoms. The number of carbonyl (C=O) groups excluding carboxylic acids is 1. The number of carbonyl (C=O) groups is 1. The van der Waals surface area contributed by atoms with Gasteiger partial charge >= 0.3 is 6.03 Å². The van der Waals surface area contributed by atoms with Crippen molar-refractivity contribution < 1.29 is 4.79 Å². The largest absolute Gasteiger partial charge is 0.340 e. The zero-order valence-electron chi connectivity index (χ0n) is 11.5. The Bertz CT molecular complexity index is 849. The minimum absolute atomic E-state index is 0.196. The number of hydrogen-bond donors (Lipinski definition) is 1. The van der Waals surface area contributed by atoms with Crippen LogP contribution in [0, 0.1) is 0 Å². The molecule has 0 saturated carbocycles. The maximum absolute atomic E-state index is 12.5. The Morgan fingerprint density at radius 2 is 2.05 bits per heavy atom. The fourth-order valence-electron chi connectivity index (χ4n) is 2.33. The molecule has 0 atom stereocenters. The van der Waals surface area contributed by atoms with Crippen LogP contribution >= 0.6 is 0 Å². The van der Waals surface area contributed by atoms with Crippen molar-refractivity contribution in [1.82, 2.24) is 19.7 Å². The number of fused-ring (bicyclic) bond motifs is 1. The van der Waals surface area contributed by atoms with Crippen molar-refractivity contribution in [2.75, 3.05) is 7.05 Å². The van der Waals surface area contributed by atoms with Crippen LogP contribution in [0.3, 0.4) is 0 Å². The topological polar surface area (TPSA) is 68.9 Å². The first-order valence-electron chi connectivity index (χ1n) is 6.54. The molecule has 0 radical (unpaired) electrons. The van der Waals surface area contributed by atoms with Gasteiger partial charge in [0.1, 0.15) is 0 Å². The maximum atomic E-state index is 12.5. The molecule has 0 fully saturated rings. The maximum Gasteiger partial charge on any atom is 0.340 e.